The average molecular weight is 477 g/mol. The number of nitrogen functional groups attached to an aromatic ring is 1. The van der Waals surface area contributed by atoms with E-state index in [1.165, 1.54) is 31.2 Å². The number of aromatic amines is 1. The fourth-order valence-electron chi connectivity index (χ4n) is 3.83. The van der Waals surface area contributed by atoms with Crippen molar-refractivity contribution in [3.63, 3.8) is 0 Å². The van der Waals surface area contributed by atoms with Crippen molar-refractivity contribution < 1.29 is 14.3 Å². The van der Waals surface area contributed by atoms with Crippen molar-refractivity contribution in [2.75, 3.05) is 23.8 Å². The standard InChI is InChI=1S/C23H32N4O5S/c1-4-5-10-27-20(24)19(21(29)25-23(27)31)26(11-9-14(2)3)18(28)13-32-22(30)17-12-15-7-6-8-16(15)33-17/h12,14H,4-11,13,24H2,1-3H3,(H,25,29,31). The van der Waals surface area contributed by atoms with Gasteiger partial charge in [0.05, 0.1) is 0 Å². The summed E-state index contributed by atoms with van der Waals surface area (Å²) in [5, 5.41) is 0. The number of nitrogens with zero attached hydrogens (tertiary/aromatic N) is 2. The Morgan fingerprint density at radius 2 is 2.06 bits per heavy atom. The Morgan fingerprint density at radius 3 is 2.73 bits per heavy atom. The lowest BCUT2D eigenvalue weighted by molar-refractivity contribution is -0.121. The summed E-state index contributed by atoms with van der Waals surface area (Å²) in [6.07, 6.45) is 5.14. The molecule has 3 rings (SSSR count). The molecule has 0 saturated carbocycles. The highest BCUT2D eigenvalue weighted by atomic mass is 32.1. The highest BCUT2D eigenvalue weighted by Crippen LogP contribution is 2.31. The number of anilines is 2. The van der Waals surface area contributed by atoms with Gasteiger partial charge in [-0.2, -0.15) is 0 Å². The first-order valence-electron chi connectivity index (χ1n) is 11.4. The molecular weight excluding hydrogens is 444 g/mol. The topological polar surface area (TPSA) is 127 Å². The maximum absolute atomic E-state index is 13.1. The van der Waals surface area contributed by atoms with Crippen LogP contribution in [-0.2, 0) is 28.9 Å². The van der Waals surface area contributed by atoms with Crippen molar-refractivity contribution in [1.82, 2.24) is 9.55 Å². The molecule has 0 spiro atoms. The Kier molecular flexibility index (Phi) is 8.12. The van der Waals surface area contributed by atoms with Gasteiger partial charge in [-0.3, -0.25) is 19.1 Å². The fraction of sp³-hybridized carbons (Fsp3) is 0.565. The van der Waals surface area contributed by atoms with Crippen LogP contribution in [0.5, 0.6) is 0 Å². The second-order valence-electron chi connectivity index (χ2n) is 8.71. The molecule has 180 valence electrons. The van der Waals surface area contributed by atoms with Crippen molar-refractivity contribution in [3.05, 3.63) is 42.2 Å². The maximum atomic E-state index is 13.1. The van der Waals surface area contributed by atoms with Crippen LogP contribution in [0.3, 0.4) is 0 Å². The van der Waals surface area contributed by atoms with Gasteiger partial charge in [0.15, 0.2) is 12.3 Å². The van der Waals surface area contributed by atoms with Gasteiger partial charge in [0.25, 0.3) is 11.5 Å². The van der Waals surface area contributed by atoms with E-state index < -0.39 is 29.7 Å². The first-order chi connectivity index (χ1) is 15.7. The van der Waals surface area contributed by atoms with Gasteiger partial charge in [-0.1, -0.05) is 27.2 Å². The highest BCUT2D eigenvalue weighted by Gasteiger charge is 2.26. The van der Waals surface area contributed by atoms with Crippen molar-refractivity contribution >= 4 is 34.7 Å². The molecule has 0 bridgehead atoms. The minimum Gasteiger partial charge on any atom is -0.451 e. The van der Waals surface area contributed by atoms with Crippen molar-refractivity contribution in [2.45, 2.75) is 65.8 Å². The third kappa shape index (κ3) is 5.73. The molecule has 2 aromatic heterocycles. The molecule has 2 aromatic rings. The van der Waals surface area contributed by atoms with Gasteiger partial charge in [0.2, 0.25) is 0 Å². The number of amides is 1. The van der Waals surface area contributed by atoms with E-state index in [9.17, 15) is 19.2 Å². The molecule has 1 aliphatic rings. The van der Waals surface area contributed by atoms with Crippen LogP contribution in [0.25, 0.3) is 0 Å². The van der Waals surface area contributed by atoms with Crippen LogP contribution < -0.4 is 21.9 Å². The van der Waals surface area contributed by atoms with Gasteiger partial charge >= 0.3 is 11.7 Å². The fourth-order valence-corrected chi connectivity index (χ4v) is 4.98. The van der Waals surface area contributed by atoms with E-state index in [1.54, 1.807) is 0 Å². The lowest BCUT2D eigenvalue weighted by atomic mass is 10.1. The summed E-state index contributed by atoms with van der Waals surface area (Å²) in [6, 6.07) is 1.84. The Labute approximate surface area is 196 Å². The van der Waals surface area contributed by atoms with E-state index in [4.69, 9.17) is 10.5 Å². The summed E-state index contributed by atoms with van der Waals surface area (Å²) in [4.78, 5) is 55.7. The quantitative estimate of drug-likeness (QED) is 0.508. The van der Waals surface area contributed by atoms with E-state index >= 15 is 0 Å². The number of nitrogens with one attached hydrogen (secondary N) is 1. The Balaban J connectivity index is 1.82. The van der Waals surface area contributed by atoms with Gasteiger partial charge in [-0.05, 0) is 49.7 Å². The molecule has 0 radical (unpaired) electrons. The molecule has 33 heavy (non-hydrogen) atoms. The van der Waals surface area contributed by atoms with Gasteiger partial charge in [0.1, 0.15) is 10.7 Å². The van der Waals surface area contributed by atoms with E-state index in [1.807, 2.05) is 26.8 Å². The SMILES string of the molecule is CCCCn1c(N)c(N(CCC(C)C)C(=O)COC(=O)c2cc3c(s2)CCC3)c(=O)[nH]c1=O. The number of carbonyl (C=O) groups is 2. The van der Waals surface area contributed by atoms with E-state index in [2.05, 4.69) is 4.98 Å². The van der Waals surface area contributed by atoms with Crippen molar-refractivity contribution in [3.8, 4) is 0 Å². The lowest BCUT2D eigenvalue weighted by Gasteiger charge is -2.25. The average Bonchev–Trinajstić information content (AvgIpc) is 3.36. The van der Waals surface area contributed by atoms with Crippen molar-refractivity contribution in [2.24, 2.45) is 5.92 Å². The second kappa shape index (κ2) is 10.8. The van der Waals surface area contributed by atoms with Crippen LogP contribution >= 0.6 is 11.3 Å². The molecule has 0 atom stereocenters. The Bertz CT molecular complexity index is 1110. The van der Waals surface area contributed by atoms with Crippen LogP contribution in [0, 0.1) is 5.92 Å². The highest BCUT2D eigenvalue weighted by molar-refractivity contribution is 7.14. The molecule has 2 heterocycles. The Hall–Kier alpha value is -2.88. The third-order valence-corrected chi connectivity index (χ3v) is 6.94. The summed E-state index contributed by atoms with van der Waals surface area (Å²) in [6.45, 7) is 5.98. The number of hydrogen-bond acceptors (Lipinski definition) is 7. The summed E-state index contributed by atoms with van der Waals surface area (Å²) in [7, 11) is 0. The minimum atomic E-state index is -0.733. The number of rotatable bonds is 10. The molecule has 9 nitrogen and oxygen atoms in total. The van der Waals surface area contributed by atoms with Crippen LogP contribution in [0.4, 0.5) is 11.5 Å². The van der Waals surface area contributed by atoms with Crippen LogP contribution in [0.15, 0.2) is 15.7 Å². The number of aromatic nitrogens is 2. The Morgan fingerprint density at radius 1 is 1.30 bits per heavy atom. The summed E-state index contributed by atoms with van der Waals surface area (Å²) in [5.41, 5.74) is 5.95. The number of hydrogen-bond donors (Lipinski definition) is 2. The number of fused-ring (bicyclic) bond motifs is 1. The second-order valence-corrected chi connectivity index (χ2v) is 9.85. The van der Waals surface area contributed by atoms with Crippen LogP contribution in [0.2, 0.25) is 0 Å². The molecular formula is C23H32N4O5S. The zero-order valence-corrected chi connectivity index (χ0v) is 20.3. The predicted molar refractivity (Wildman–Crippen MR) is 129 cm³/mol. The number of thiophene rings is 1. The number of H-pyrrole nitrogens is 1. The summed E-state index contributed by atoms with van der Waals surface area (Å²) >= 11 is 1.40. The third-order valence-electron chi connectivity index (χ3n) is 5.72. The molecule has 3 N–H and O–H groups in total. The molecule has 0 aromatic carbocycles. The number of carbonyl (C=O) groups excluding carboxylic acids is 2. The summed E-state index contributed by atoms with van der Waals surface area (Å²) in [5.74, 6) is -0.926. The summed E-state index contributed by atoms with van der Waals surface area (Å²) < 4.78 is 6.57. The van der Waals surface area contributed by atoms with Gasteiger partial charge in [-0.15, -0.1) is 11.3 Å². The molecule has 1 amide bonds. The minimum absolute atomic E-state index is 0.0599. The molecule has 0 saturated heterocycles. The number of nitrogens with two attached hydrogens (primary N) is 1. The van der Waals surface area contributed by atoms with Crippen LogP contribution in [-0.4, -0.2) is 34.6 Å². The zero-order chi connectivity index (χ0) is 24.1. The van der Waals surface area contributed by atoms with Crippen LogP contribution in [0.1, 0.15) is 66.6 Å². The number of aryl methyl sites for hydroxylation is 2. The van der Waals surface area contributed by atoms with Gasteiger partial charge in [-0.25, -0.2) is 9.59 Å². The molecule has 1 aliphatic carbocycles. The molecule has 0 aliphatic heterocycles. The predicted octanol–water partition coefficient (Wildman–Crippen LogP) is 2.71. The zero-order valence-electron chi connectivity index (χ0n) is 19.4. The smallest absolute Gasteiger partial charge is 0.348 e. The molecule has 0 fully saturated rings. The number of ether oxygens (including phenoxy) is 1. The van der Waals surface area contributed by atoms with E-state index in [0.717, 1.165) is 25.7 Å². The molecule has 10 heteroatoms. The largest absolute Gasteiger partial charge is 0.451 e. The lowest BCUT2D eigenvalue weighted by Crippen LogP contribution is -2.43. The first-order valence-corrected chi connectivity index (χ1v) is 12.3. The van der Waals surface area contributed by atoms with Gasteiger partial charge in [0, 0.05) is 18.0 Å². The monoisotopic (exact) mass is 476 g/mol. The van der Waals surface area contributed by atoms with Crippen molar-refractivity contribution in [1.29, 1.82) is 0 Å². The number of unbranched alkanes of at least 4 members (excludes halogenated alkanes) is 1. The first kappa shape index (κ1) is 24.8. The molecule has 0 unspecified atom stereocenters. The van der Waals surface area contributed by atoms with Gasteiger partial charge < -0.3 is 15.4 Å². The number of esters is 1. The van der Waals surface area contributed by atoms with E-state index in [-0.39, 0.29) is 24.0 Å². The normalized spacial score (nSPS) is 12.7. The van der Waals surface area contributed by atoms with E-state index in [0.29, 0.717) is 24.3 Å². The maximum Gasteiger partial charge on any atom is 0.348 e.